The van der Waals surface area contributed by atoms with E-state index in [-0.39, 0.29) is 18.0 Å². The van der Waals surface area contributed by atoms with Crippen LogP contribution in [0, 0.1) is 5.92 Å². The second kappa shape index (κ2) is 6.83. The molecular weight excluding hydrogens is 192 g/mol. The third-order valence-corrected chi connectivity index (χ3v) is 2.98. The number of carbonyl (C=O) groups is 1. The van der Waals surface area contributed by atoms with Gasteiger partial charge in [-0.3, -0.25) is 4.79 Å². The first kappa shape index (κ1) is 12.5. The van der Waals surface area contributed by atoms with Crippen molar-refractivity contribution in [2.45, 2.75) is 58.0 Å². The normalized spacial score (nSPS) is 25.6. The van der Waals surface area contributed by atoms with Gasteiger partial charge < -0.3 is 9.84 Å². The predicted molar refractivity (Wildman–Crippen MR) is 58.4 cm³/mol. The Morgan fingerprint density at radius 2 is 1.93 bits per heavy atom. The molecule has 15 heavy (non-hydrogen) atoms. The van der Waals surface area contributed by atoms with Crippen LogP contribution in [0.5, 0.6) is 0 Å². The van der Waals surface area contributed by atoms with E-state index in [0.717, 1.165) is 44.9 Å². The molecule has 88 valence electrons. The highest BCUT2D eigenvalue weighted by atomic mass is 16.5. The Morgan fingerprint density at radius 3 is 2.53 bits per heavy atom. The molecule has 3 nitrogen and oxygen atoms in total. The zero-order chi connectivity index (χ0) is 11.1. The van der Waals surface area contributed by atoms with Crippen LogP contribution in [0.4, 0.5) is 0 Å². The average molecular weight is 214 g/mol. The number of hydrogen-bond acceptors (Lipinski definition) is 3. The number of unbranched alkanes of at least 4 members (excludes halogenated alkanes) is 4. The van der Waals surface area contributed by atoms with Gasteiger partial charge in [0.2, 0.25) is 0 Å². The molecule has 1 aliphatic rings. The van der Waals surface area contributed by atoms with E-state index in [9.17, 15) is 4.79 Å². The van der Waals surface area contributed by atoms with Crippen molar-refractivity contribution < 1.29 is 14.6 Å². The average Bonchev–Trinajstić information content (AvgIpc) is 2.51. The van der Waals surface area contributed by atoms with E-state index in [4.69, 9.17) is 9.84 Å². The molecule has 0 saturated carbocycles. The van der Waals surface area contributed by atoms with Crippen molar-refractivity contribution in [3.63, 3.8) is 0 Å². The molecule has 0 aromatic heterocycles. The maximum Gasteiger partial charge on any atom is 0.309 e. The van der Waals surface area contributed by atoms with E-state index in [2.05, 4.69) is 0 Å². The van der Waals surface area contributed by atoms with E-state index in [0.29, 0.717) is 6.61 Å². The summed E-state index contributed by atoms with van der Waals surface area (Å²) in [6, 6.07) is 0. The Balaban J connectivity index is 1.98. The zero-order valence-corrected chi connectivity index (χ0v) is 9.58. The molecule has 1 heterocycles. The molecule has 0 amide bonds. The van der Waals surface area contributed by atoms with Gasteiger partial charge in [0, 0.05) is 6.61 Å². The Labute approximate surface area is 91.8 Å². The number of hydrogen-bond donors (Lipinski definition) is 1. The van der Waals surface area contributed by atoms with Gasteiger partial charge in [0.25, 0.3) is 0 Å². The van der Waals surface area contributed by atoms with Gasteiger partial charge in [-0.05, 0) is 26.2 Å². The van der Waals surface area contributed by atoms with Gasteiger partial charge in [-0.15, -0.1) is 0 Å². The summed E-state index contributed by atoms with van der Waals surface area (Å²) in [5.74, 6) is 0.149. The summed E-state index contributed by atoms with van der Waals surface area (Å²) in [6.45, 7) is 2.26. The van der Waals surface area contributed by atoms with E-state index in [1.807, 2.05) is 6.92 Å². The van der Waals surface area contributed by atoms with Crippen LogP contribution in [0.25, 0.3) is 0 Å². The highest BCUT2D eigenvalue weighted by Gasteiger charge is 2.30. The van der Waals surface area contributed by atoms with Crippen LogP contribution >= 0.6 is 0 Å². The second-order valence-electron chi connectivity index (χ2n) is 4.46. The standard InChI is InChI=1S/C12H22O3/c1-10-9-11(12(14)15-10)7-5-3-2-4-6-8-13/h10-11,13H,2-9H2,1H3/t10-,11-/m0/s1. The Hall–Kier alpha value is -0.570. The number of aliphatic hydroxyl groups excluding tert-OH is 1. The first-order valence-electron chi connectivity index (χ1n) is 6.05. The summed E-state index contributed by atoms with van der Waals surface area (Å²) >= 11 is 0. The van der Waals surface area contributed by atoms with Crippen LogP contribution in [0.3, 0.4) is 0 Å². The van der Waals surface area contributed by atoms with Gasteiger partial charge in [-0.25, -0.2) is 0 Å². The van der Waals surface area contributed by atoms with E-state index in [1.54, 1.807) is 0 Å². The Kier molecular flexibility index (Phi) is 5.69. The maximum absolute atomic E-state index is 11.3. The maximum atomic E-state index is 11.3. The van der Waals surface area contributed by atoms with Crippen molar-refractivity contribution in [3.8, 4) is 0 Å². The minimum absolute atomic E-state index is 0.00198. The van der Waals surface area contributed by atoms with Gasteiger partial charge >= 0.3 is 5.97 Å². The van der Waals surface area contributed by atoms with Crippen molar-refractivity contribution in [1.82, 2.24) is 0 Å². The summed E-state index contributed by atoms with van der Waals surface area (Å²) in [5.41, 5.74) is 0. The van der Waals surface area contributed by atoms with Crippen LogP contribution in [0.2, 0.25) is 0 Å². The first-order chi connectivity index (χ1) is 7.24. The van der Waals surface area contributed by atoms with E-state index < -0.39 is 0 Å². The highest BCUT2D eigenvalue weighted by Crippen LogP contribution is 2.25. The van der Waals surface area contributed by atoms with Crippen molar-refractivity contribution >= 4 is 5.97 Å². The summed E-state index contributed by atoms with van der Waals surface area (Å²) in [7, 11) is 0. The molecule has 2 atom stereocenters. The molecule has 0 radical (unpaired) electrons. The van der Waals surface area contributed by atoms with Crippen LogP contribution in [0.15, 0.2) is 0 Å². The number of carbonyl (C=O) groups excluding carboxylic acids is 1. The molecule has 1 saturated heterocycles. The van der Waals surface area contributed by atoms with E-state index >= 15 is 0 Å². The molecule has 0 aromatic carbocycles. The summed E-state index contributed by atoms with van der Waals surface area (Å²) in [4.78, 5) is 11.3. The fourth-order valence-electron chi connectivity index (χ4n) is 2.11. The topological polar surface area (TPSA) is 46.5 Å². The summed E-state index contributed by atoms with van der Waals surface area (Å²) in [5, 5.41) is 8.60. The lowest BCUT2D eigenvalue weighted by Crippen LogP contribution is -2.07. The number of esters is 1. The lowest BCUT2D eigenvalue weighted by atomic mass is 9.97. The molecule has 1 aliphatic heterocycles. The minimum atomic E-state index is -0.00198. The molecule has 0 aromatic rings. The van der Waals surface area contributed by atoms with Crippen molar-refractivity contribution in [1.29, 1.82) is 0 Å². The molecule has 0 bridgehead atoms. The first-order valence-corrected chi connectivity index (χ1v) is 6.05. The summed E-state index contributed by atoms with van der Waals surface area (Å²) < 4.78 is 5.10. The molecule has 1 N–H and O–H groups in total. The Bertz CT molecular complexity index is 191. The fourth-order valence-corrected chi connectivity index (χ4v) is 2.11. The molecular formula is C12H22O3. The van der Waals surface area contributed by atoms with Crippen LogP contribution < -0.4 is 0 Å². The van der Waals surface area contributed by atoms with Crippen LogP contribution in [0.1, 0.15) is 51.9 Å². The fraction of sp³-hybridized carbons (Fsp3) is 0.917. The van der Waals surface area contributed by atoms with Gasteiger partial charge in [0.05, 0.1) is 12.0 Å². The molecule has 1 fully saturated rings. The van der Waals surface area contributed by atoms with Crippen molar-refractivity contribution in [2.24, 2.45) is 5.92 Å². The third-order valence-electron chi connectivity index (χ3n) is 2.98. The SMILES string of the molecule is C[C@H]1C[C@H](CCCCCCCO)C(=O)O1. The van der Waals surface area contributed by atoms with Gasteiger partial charge in [-0.1, -0.05) is 25.7 Å². The van der Waals surface area contributed by atoms with Crippen molar-refractivity contribution in [3.05, 3.63) is 0 Å². The summed E-state index contributed by atoms with van der Waals surface area (Å²) in [6.07, 6.45) is 7.44. The lowest BCUT2D eigenvalue weighted by molar-refractivity contribution is -0.143. The van der Waals surface area contributed by atoms with Crippen LogP contribution in [-0.4, -0.2) is 23.8 Å². The second-order valence-corrected chi connectivity index (χ2v) is 4.46. The smallest absolute Gasteiger partial charge is 0.309 e. The predicted octanol–water partition coefficient (Wildman–Crippen LogP) is 2.27. The lowest BCUT2D eigenvalue weighted by Gasteiger charge is -2.04. The molecule has 1 rings (SSSR count). The quantitative estimate of drug-likeness (QED) is 0.522. The number of aliphatic hydroxyl groups is 1. The van der Waals surface area contributed by atoms with Gasteiger partial charge in [0.15, 0.2) is 0 Å². The molecule has 0 spiro atoms. The monoisotopic (exact) mass is 214 g/mol. The minimum Gasteiger partial charge on any atom is -0.462 e. The molecule has 0 aliphatic carbocycles. The van der Waals surface area contributed by atoms with Crippen LogP contribution in [-0.2, 0) is 9.53 Å². The molecule has 0 unspecified atom stereocenters. The third kappa shape index (κ3) is 4.65. The van der Waals surface area contributed by atoms with Gasteiger partial charge in [-0.2, -0.15) is 0 Å². The number of ether oxygens (including phenoxy) is 1. The van der Waals surface area contributed by atoms with E-state index in [1.165, 1.54) is 0 Å². The number of cyclic esters (lactones) is 1. The zero-order valence-electron chi connectivity index (χ0n) is 9.58. The largest absolute Gasteiger partial charge is 0.462 e. The molecule has 3 heteroatoms. The Morgan fingerprint density at radius 1 is 1.27 bits per heavy atom. The highest BCUT2D eigenvalue weighted by molar-refractivity contribution is 5.74. The van der Waals surface area contributed by atoms with Crippen molar-refractivity contribution in [2.75, 3.05) is 6.61 Å². The van der Waals surface area contributed by atoms with Gasteiger partial charge in [0.1, 0.15) is 0 Å². The number of rotatable bonds is 7.